The Labute approximate surface area is 83.4 Å². The van der Waals surface area contributed by atoms with E-state index in [1.165, 1.54) is 4.52 Å². The lowest BCUT2D eigenvalue weighted by atomic mass is 10.6. The maximum Gasteiger partial charge on any atom is 0.214 e. The van der Waals surface area contributed by atoms with Gasteiger partial charge in [-0.1, -0.05) is 0 Å². The van der Waals surface area contributed by atoms with Crippen molar-refractivity contribution in [2.24, 2.45) is 0 Å². The second kappa shape index (κ2) is 2.63. The average Bonchev–Trinajstić information content (AvgIpc) is 2.48. The van der Waals surface area contributed by atoms with E-state index in [4.69, 9.17) is 5.73 Å². The van der Waals surface area contributed by atoms with E-state index in [-0.39, 0.29) is 0 Å². The molecule has 0 aliphatic rings. The summed E-state index contributed by atoms with van der Waals surface area (Å²) in [5.74, 6) is 0.373. The second-order valence-corrected chi connectivity index (χ2v) is 3.50. The molecular weight excluding hydrogens is 292 g/mol. The summed E-state index contributed by atoms with van der Waals surface area (Å²) in [6, 6.07) is 0. The van der Waals surface area contributed by atoms with Gasteiger partial charge in [-0.2, -0.15) is 4.52 Å². The normalized spacial score (nSPS) is 10.8. The Morgan fingerprint density at radius 2 is 2.00 bits per heavy atom. The van der Waals surface area contributed by atoms with Crippen LogP contribution < -0.4 is 5.73 Å². The SMILES string of the molecule is Nc1c(Br)nc(Br)c2nnnn12. The fraction of sp³-hybridized carbons (Fsp3) is 0. The van der Waals surface area contributed by atoms with Crippen LogP contribution in [0.1, 0.15) is 0 Å². The number of hydrogen-bond acceptors (Lipinski definition) is 5. The van der Waals surface area contributed by atoms with Crippen molar-refractivity contribution in [2.75, 3.05) is 5.73 Å². The van der Waals surface area contributed by atoms with Gasteiger partial charge in [0.1, 0.15) is 4.60 Å². The van der Waals surface area contributed by atoms with Gasteiger partial charge in [0.25, 0.3) is 0 Å². The van der Waals surface area contributed by atoms with Gasteiger partial charge in [-0.3, -0.25) is 0 Å². The molecule has 2 aromatic heterocycles. The highest BCUT2D eigenvalue weighted by Gasteiger charge is 2.10. The van der Waals surface area contributed by atoms with Crippen LogP contribution in [0.5, 0.6) is 0 Å². The molecule has 6 nitrogen and oxygen atoms in total. The molecule has 0 atom stereocenters. The van der Waals surface area contributed by atoms with Crippen LogP contribution in [0, 0.1) is 0 Å². The van der Waals surface area contributed by atoms with Crippen molar-refractivity contribution < 1.29 is 0 Å². The third-order valence-electron chi connectivity index (χ3n) is 1.29. The Hall–Kier alpha value is -0.760. The molecule has 0 saturated carbocycles. The van der Waals surface area contributed by atoms with Gasteiger partial charge in [0, 0.05) is 0 Å². The molecule has 0 bridgehead atoms. The van der Waals surface area contributed by atoms with Crippen molar-refractivity contribution >= 4 is 43.3 Å². The van der Waals surface area contributed by atoms with E-state index < -0.39 is 0 Å². The number of nitrogens with zero attached hydrogens (tertiary/aromatic N) is 5. The summed E-state index contributed by atoms with van der Waals surface area (Å²) in [5.41, 5.74) is 6.12. The molecule has 0 aliphatic carbocycles. The molecule has 8 heteroatoms. The lowest BCUT2D eigenvalue weighted by Gasteiger charge is -1.99. The minimum Gasteiger partial charge on any atom is -0.381 e. The highest BCUT2D eigenvalue weighted by atomic mass is 79.9. The average molecular weight is 294 g/mol. The largest absolute Gasteiger partial charge is 0.381 e. The Morgan fingerprint density at radius 1 is 1.25 bits per heavy atom. The summed E-state index contributed by atoms with van der Waals surface area (Å²) in [6.07, 6.45) is 0. The number of aromatic nitrogens is 5. The maximum atomic E-state index is 5.62. The third kappa shape index (κ3) is 0.985. The first kappa shape index (κ1) is 7.87. The molecule has 0 amide bonds. The maximum absolute atomic E-state index is 5.62. The number of anilines is 1. The lowest BCUT2D eigenvalue weighted by Crippen LogP contribution is -2.02. The monoisotopic (exact) mass is 292 g/mol. The highest BCUT2D eigenvalue weighted by molar-refractivity contribution is 9.11. The van der Waals surface area contributed by atoms with Crippen LogP contribution >= 0.6 is 31.9 Å². The number of nitrogens with two attached hydrogens (primary N) is 1. The molecule has 2 N–H and O–H groups in total. The minimum absolute atomic E-state index is 0.373. The zero-order valence-electron chi connectivity index (χ0n) is 5.57. The van der Waals surface area contributed by atoms with Crippen LogP contribution in [0.4, 0.5) is 5.82 Å². The molecule has 0 spiro atoms. The Bertz CT molecular complexity index is 436. The fourth-order valence-corrected chi connectivity index (χ4v) is 1.77. The van der Waals surface area contributed by atoms with Crippen LogP contribution in [-0.2, 0) is 0 Å². The zero-order valence-corrected chi connectivity index (χ0v) is 8.74. The van der Waals surface area contributed by atoms with E-state index in [2.05, 4.69) is 52.4 Å². The number of nitrogen functional groups attached to an aromatic ring is 1. The van der Waals surface area contributed by atoms with Gasteiger partial charge in [-0.05, 0) is 42.3 Å². The predicted molar refractivity (Wildman–Crippen MR) is 48.4 cm³/mol. The number of rotatable bonds is 0. The summed E-state index contributed by atoms with van der Waals surface area (Å²) in [7, 11) is 0. The van der Waals surface area contributed by atoms with Crippen molar-refractivity contribution in [3.63, 3.8) is 0 Å². The van der Waals surface area contributed by atoms with Crippen molar-refractivity contribution in [3.8, 4) is 0 Å². The fourth-order valence-electron chi connectivity index (χ4n) is 0.759. The topological polar surface area (TPSA) is 82.0 Å². The Morgan fingerprint density at radius 3 is 2.75 bits per heavy atom. The van der Waals surface area contributed by atoms with Gasteiger partial charge >= 0.3 is 0 Å². The standard InChI is InChI=1S/C4H2Br2N6/c5-1-3(7)12-4(2(6)8-1)9-10-11-12/h7H2. The van der Waals surface area contributed by atoms with Gasteiger partial charge in [0.05, 0.1) is 0 Å². The molecule has 2 aromatic rings. The molecule has 0 unspecified atom stereocenters. The first-order valence-electron chi connectivity index (χ1n) is 2.88. The molecule has 12 heavy (non-hydrogen) atoms. The summed E-state index contributed by atoms with van der Waals surface area (Å²) < 4.78 is 2.45. The van der Waals surface area contributed by atoms with E-state index in [1.54, 1.807) is 0 Å². The van der Waals surface area contributed by atoms with Crippen molar-refractivity contribution in [3.05, 3.63) is 9.21 Å². The number of fused-ring (bicyclic) bond motifs is 1. The van der Waals surface area contributed by atoms with Crippen LogP contribution in [0.3, 0.4) is 0 Å². The summed E-state index contributed by atoms with van der Waals surface area (Å²) in [4.78, 5) is 4.02. The predicted octanol–water partition coefficient (Wildman–Crippen LogP) is 0.626. The molecule has 2 heterocycles. The summed E-state index contributed by atoms with van der Waals surface area (Å²) in [6.45, 7) is 0. The van der Waals surface area contributed by atoms with Gasteiger partial charge in [-0.15, -0.1) is 5.10 Å². The van der Waals surface area contributed by atoms with Gasteiger partial charge in [0.15, 0.2) is 10.4 Å². The molecule has 0 aliphatic heterocycles. The van der Waals surface area contributed by atoms with Crippen molar-refractivity contribution in [1.29, 1.82) is 0 Å². The molecule has 2 rings (SSSR count). The van der Waals surface area contributed by atoms with E-state index >= 15 is 0 Å². The highest BCUT2D eigenvalue weighted by Crippen LogP contribution is 2.21. The van der Waals surface area contributed by atoms with Gasteiger partial charge in [-0.25, -0.2) is 4.98 Å². The third-order valence-corrected chi connectivity index (χ3v) is 2.41. The van der Waals surface area contributed by atoms with E-state index in [0.29, 0.717) is 20.7 Å². The van der Waals surface area contributed by atoms with Crippen LogP contribution in [0.15, 0.2) is 9.21 Å². The molecule has 0 radical (unpaired) electrons. The second-order valence-electron chi connectivity index (χ2n) is 1.99. The first-order valence-corrected chi connectivity index (χ1v) is 4.47. The van der Waals surface area contributed by atoms with Gasteiger partial charge in [0.2, 0.25) is 5.65 Å². The van der Waals surface area contributed by atoms with Crippen LogP contribution in [-0.4, -0.2) is 25.0 Å². The van der Waals surface area contributed by atoms with E-state index in [9.17, 15) is 0 Å². The smallest absolute Gasteiger partial charge is 0.214 e. The number of halogens is 2. The quantitative estimate of drug-likeness (QED) is 0.770. The van der Waals surface area contributed by atoms with Crippen LogP contribution in [0.2, 0.25) is 0 Å². The minimum atomic E-state index is 0.373. The molecule has 0 aromatic carbocycles. The molecule has 0 fully saturated rings. The summed E-state index contributed by atoms with van der Waals surface area (Å²) in [5, 5.41) is 10.8. The molecular formula is C4H2Br2N6. The number of tetrazole rings is 1. The summed E-state index contributed by atoms with van der Waals surface area (Å²) >= 11 is 6.37. The molecule has 0 saturated heterocycles. The van der Waals surface area contributed by atoms with Crippen LogP contribution in [0.25, 0.3) is 5.65 Å². The zero-order chi connectivity index (χ0) is 8.72. The van der Waals surface area contributed by atoms with Crippen molar-refractivity contribution in [2.45, 2.75) is 0 Å². The van der Waals surface area contributed by atoms with Gasteiger partial charge < -0.3 is 5.73 Å². The van der Waals surface area contributed by atoms with Crippen molar-refractivity contribution in [1.82, 2.24) is 25.0 Å². The Balaban J connectivity index is 2.97. The Kier molecular flexibility index (Phi) is 1.72. The van der Waals surface area contributed by atoms with E-state index in [1.807, 2.05) is 0 Å². The first-order chi connectivity index (χ1) is 5.70. The van der Waals surface area contributed by atoms with E-state index in [0.717, 1.165) is 0 Å². The lowest BCUT2D eigenvalue weighted by molar-refractivity contribution is 0.824. The number of hydrogen-bond donors (Lipinski definition) is 1. The molecule has 62 valence electrons.